The summed E-state index contributed by atoms with van der Waals surface area (Å²) in [4.78, 5) is 28.8. The van der Waals surface area contributed by atoms with E-state index in [1.165, 1.54) is 0 Å². The molecule has 0 aromatic heterocycles. The smallest absolute Gasteiger partial charge is 0.321 e. The number of nitrogens with one attached hydrogen (secondary N) is 2. The fourth-order valence-corrected chi connectivity index (χ4v) is 5.72. The van der Waals surface area contributed by atoms with E-state index in [0.29, 0.717) is 27.0 Å². The van der Waals surface area contributed by atoms with Gasteiger partial charge in [-0.25, -0.2) is 4.79 Å². The minimum absolute atomic E-state index is 0.0226. The van der Waals surface area contributed by atoms with E-state index in [4.69, 9.17) is 27.9 Å². The highest BCUT2D eigenvalue weighted by atomic mass is 35.5. The number of ether oxygens (including phenoxy) is 1. The van der Waals surface area contributed by atoms with E-state index >= 15 is 0 Å². The summed E-state index contributed by atoms with van der Waals surface area (Å²) < 4.78 is 6.50. The van der Waals surface area contributed by atoms with E-state index < -0.39 is 17.7 Å². The van der Waals surface area contributed by atoms with Crippen LogP contribution in [0.5, 0.6) is 5.75 Å². The first-order valence-corrected chi connectivity index (χ1v) is 11.8. The van der Waals surface area contributed by atoms with Gasteiger partial charge in [-0.1, -0.05) is 42.5 Å². The second-order valence-electron chi connectivity index (χ2n) is 8.90. The number of urea groups is 1. The van der Waals surface area contributed by atoms with Gasteiger partial charge in [-0.3, -0.25) is 9.69 Å². The summed E-state index contributed by atoms with van der Waals surface area (Å²) in [7, 11) is 0. The molecule has 1 saturated heterocycles. The van der Waals surface area contributed by atoms with Gasteiger partial charge in [-0.15, -0.1) is 0 Å². The molecule has 2 fully saturated rings. The monoisotopic (exact) mass is 473 g/mol. The highest BCUT2D eigenvalue weighted by Gasteiger charge is 2.61. The van der Waals surface area contributed by atoms with Crippen LogP contribution in [0.15, 0.2) is 42.5 Å². The summed E-state index contributed by atoms with van der Waals surface area (Å²) >= 11 is 12.2. The Hall–Kier alpha value is -2.44. The zero-order chi connectivity index (χ0) is 22.5. The van der Waals surface area contributed by atoms with Crippen LogP contribution in [-0.2, 0) is 4.79 Å². The van der Waals surface area contributed by atoms with E-state index in [2.05, 4.69) is 10.6 Å². The standard InChI is InChI=1S/C24H25Cl2N3O3/c1-24-20(22(30)27-16-10-7-14(25)8-11-16)21(18-13-15(26)9-12-19(18)32-24)28-23(31)29(24)17-5-3-2-4-6-17/h7-13,17,20-21H,2-6H2,1H3,(H,27,30)(H,28,31)/t20-,21-,24+/m1/s1. The van der Waals surface area contributed by atoms with Gasteiger partial charge in [0, 0.05) is 27.3 Å². The van der Waals surface area contributed by atoms with Gasteiger partial charge in [-0.2, -0.15) is 0 Å². The quantitative estimate of drug-likeness (QED) is 0.595. The first-order chi connectivity index (χ1) is 15.4. The van der Waals surface area contributed by atoms with Crippen molar-refractivity contribution in [2.45, 2.75) is 56.8 Å². The number of hydrogen-bond acceptors (Lipinski definition) is 3. The molecule has 0 radical (unpaired) electrons. The third-order valence-electron chi connectivity index (χ3n) is 6.84. The number of benzene rings is 2. The molecule has 2 N–H and O–H groups in total. The minimum Gasteiger partial charge on any atom is -0.467 e. The minimum atomic E-state index is -1.13. The lowest BCUT2D eigenvalue weighted by atomic mass is 9.77. The molecule has 1 aliphatic carbocycles. The number of halogens is 2. The van der Waals surface area contributed by atoms with Crippen molar-refractivity contribution in [3.05, 3.63) is 58.1 Å². The van der Waals surface area contributed by atoms with Crippen LogP contribution < -0.4 is 15.4 Å². The van der Waals surface area contributed by atoms with Crippen LogP contribution in [0.4, 0.5) is 10.5 Å². The predicted octanol–water partition coefficient (Wildman–Crippen LogP) is 5.76. The first-order valence-electron chi connectivity index (χ1n) is 11.0. The lowest BCUT2D eigenvalue weighted by Gasteiger charge is -2.57. The molecule has 2 bridgehead atoms. The van der Waals surface area contributed by atoms with E-state index in [1.54, 1.807) is 41.3 Å². The van der Waals surface area contributed by atoms with Crippen LogP contribution in [0.25, 0.3) is 0 Å². The summed E-state index contributed by atoms with van der Waals surface area (Å²) in [5.41, 5.74) is 0.211. The molecule has 8 heteroatoms. The fraction of sp³-hybridized carbons (Fsp3) is 0.417. The maximum atomic E-state index is 13.7. The molecule has 5 rings (SSSR count). The maximum Gasteiger partial charge on any atom is 0.321 e. The van der Waals surface area contributed by atoms with Crippen LogP contribution in [0, 0.1) is 5.92 Å². The number of carbonyl (C=O) groups excluding carboxylic acids is 2. The molecule has 3 aliphatic rings. The first kappa shape index (κ1) is 21.4. The summed E-state index contributed by atoms with van der Waals surface area (Å²) in [6.45, 7) is 1.86. The summed E-state index contributed by atoms with van der Waals surface area (Å²) in [5, 5.41) is 7.20. The second-order valence-corrected chi connectivity index (χ2v) is 9.77. The Balaban J connectivity index is 1.57. The van der Waals surface area contributed by atoms with Gasteiger partial charge in [0.25, 0.3) is 0 Å². The van der Waals surface area contributed by atoms with Crippen LogP contribution in [0.3, 0.4) is 0 Å². The van der Waals surface area contributed by atoms with Gasteiger partial charge >= 0.3 is 6.03 Å². The Kier molecular flexibility index (Phi) is 5.46. The van der Waals surface area contributed by atoms with Crippen LogP contribution >= 0.6 is 23.2 Å². The van der Waals surface area contributed by atoms with E-state index in [9.17, 15) is 9.59 Å². The van der Waals surface area contributed by atoms with Crippen LogP contribution in [0.1, 0.15) is 50.6 Å². The predicted molar refractivity (Wildman–Crippen MR) is 124 cm³/mol. The van der Waals surface area contributed by atoms with Crippen molar-refractivity contribution in [3.63, 3.8) is 0 Å². The Bertz CT molecular complexity index is 1050. The maximum absolute atomic E-state index is 13.7. The lowest BCUT2D eigenvalue weighted by Crippen LogP contribution is -2.73. The van der Waals surface area contributed by atoms with E-state index in [-0.39, 0.29) is 18.0 Å². The highest BCUT2D eigenvalue weighted by Crippen LogP contribution is 2.50. The SMILES string of the molecule is C[C@@]12Oc3ccc(Cl)cc3[C@@H](NC(=O)N1C1CCCCC1)[C@@H]2C(=O)Nc1ccc(Cl)cc1. The van der Waals surface area contributed by atoms with Crippen molar-refractivity contribution in [1.29, 1.82) is 0 Å². The number of anilines is 1. The normalized spacial score (nSPS) is 27.2. The van der Waals surface area contributed by atoms with E-state index in [1.807, 2.05) is 13.0 Å². The topological polar surface area (TPSA) is 70.7 Å². The van der Waals surface area contributed by atoms with Gasteiger partial charge in [0.05, 0.1) is 6.04 Å². The molecule has 0 spiro atoms. The van der Waals surface area contributed by atoms with E-state index in [0.717, 1.165) is 32.1 Å². The van der Waals surface area contributed by atoms with Gasteiger partial charge in [0.2, 0.25) is 5.91 Å². The molecule has 1 saturated carbocycles. The second kappa shape index (κ2) is 8.16. The highest BCUT2D eigenvalue weighted by molar-refractivity contribution is 6.31. The van der Waals surface area contributed by atoms with Crippen molar-refractivity contribution in [1.82, 2.24) is 10.2 Å². The Morgan fingerprint density at radius 2 is 1.78 bits per heavy atom. The number of rotatable bonds is 3. The zero-order valence-corrected chi connectivity index (χ0v) is 19.2. The number of amides is 3. The van der Waals surface area contributed by atoms with Gasteiger partial charge in [0.1, 0.15) is 11.7 Å². The van der Waals surface area contributed by atoms with Gasteiger partial charge in [-0.05, 0) is 62.2 Å². The third kappa shape index (κ3) is 3.59. The number of hydrogen-bond donors (Lipinski definition) is 2. The molecule has 3 amide bonds. The van der Waals surface area contributed by atoms with Crippen molar-refractivity contribution < 1.29 is 14.3 Å². The molecule has 168 valence electrons. The molecule has 2 aromatic carbocycles. The van der Waals surface area contributed by atoms with Crippen LogP contribution in [0.2, 0.25) is 10.0 Å². The molecule has 2 aliphatic heterocycles. The Morgan fingerprint density at radius 1 is 1.09 bits per heavy atom. The summed E-state index contributed by atoms with van der Waals surface area (Å²) in [5.74, 6) is -0.270. The van der Waals surface area contributed by atoms with Crippen molar-refractivity contribution in [2.75, 3.05) is 5.32 Å². The van der Waals surface area contributed by atoms with Gasteiger partial charge < -0.3 is 15.4 Å². The molecule has 32 heavy (non-hydrogen) atoms. The summed E-state index contributed by atoms with van der Waals surface area (Å²) in [6, 6.07) is 11.6. The lowest BCUT2D eigenvalue weighted by molar-refractivity contribution is -0.162. The van der Waals surface area contributed by atoms with Crippen LogP contribution in [-0.4, -0.2) is 28.6 Å². The molecule has 2 heterocycles. The molecular formula is C24H25Cl2N3O3. The Morgan fingerprint density at radius 3 is 2.50 bits per heavy atom. The van der Waals surface area contributed by atoms with Crippen molar-refractivity contribution in [3.8, 4) is 5.75 Å². The number of carbonyl (C=O) groups is 2. The van der Waals surface area contributed by atoms with Gasteiger partial charge in [0.15, 0.2) is 5.72 Å². The largest absolute Gasteiger partial charge is 0.467 e. The number of fused-ring (bicyclic) bond motifs is 4. The summed E-state index contributed by atoms with van der Waals surface area (Å²) in [6.07, 6.45) is 5.07. The zero-order valence-electron chi connectivity index (χ0n) is 17.7. The van der Waals surface area contributed by atoms with Crippen molar-refractivity contribution >= 4 is 40.8 Å². The molecule has 6 nitrogen and oxygen atoms in total. The Labute approximate surface area is 197 Å². The molecular weight excluding hydrogens is 449 g/mol. The third-order valence-corrected chi connectivity index (χ3v) is 7.33. The average Bonchev–Trinajstić information content (AvgIpc) is 2.76. The molecule has 0 unspecified atom stereocenters. The van der Waals surface area contributed by atoms with Crippen molar-refractivity contribution in [2.24, 2.45) is 5.92 Å². The fourth-order valence-electron chi connectivity index (χ4n) is 5.41. The average molecular weight is 474 g/mol. The molecule has 2 aromatic rings. The number of nitrogens with zero attached hydrogens (tertiary/aromatic N) is 1. The molecule has 3 atom stereocenters.